The Balaban J connectivity index is 1.80. The van der Waals surface area contributed by atoms with Gasteiger partial charge in [0.1, 0.15) is 17.7 Å². The first-order valence-electron chi connectivity index (χ1n) is 7.10. The van der Waals surface area contributed by atoms with Gasteiger partial charge in [-0.2, -0.15) is 15.1 Å². The number of alkyl halides is 1. The van der Waals surface area contributed by atoms with Crippen molar-refractivity contribution in [2.24, 2.45) is 0 Å². The minimum Gasteiger partial charge on any atom is -0.471 e. The van der Waals surface area contributed by atoms with Crippen molar-refractivity contribution in [1.29, 1.82) is 0 Å². The molecule has 2 N–H and O–H groups in total. The monoisotopic (exact) mass is 329 g/mol. The number of piperidine rings is 1. The molecule has 2 atom stereocenters. The summed E-state index contributed by atoms with van der Waals surface area (Å²) in [6, 6.07) is 0. The first-order chi connectivity index (χ1) is 10.6. The molecule has 0 amide bonds. The maximum absolute atomic E-state index is 14.3. The van der Waals surface area contributed by atoms with E-state index in [-0.39, 0.29) is 24.3 Å². The number of likely N-dealkylation sites (tertiary alicyclic amines) is 1. The van der Waals surface area contributed by atoms with E-state index in [1.165, 1.54) is 0 Å². The molecule has 9 heteroatoms. The minimum atomic E-state index is -1.16. The lowest BCUT2D eigenvalue weighted by atomic mass is 10.1. The summed E-state index contributed by atoms with van der Waals surface area (Å²) in [6.07, 6.45) is -1.24. The van der Waals surface area contributed by atoms with E-state index in [9.17, 15) is 4.39 Å². The summed E-state index contributed by atoms with van der Waals surface area (Å²) in [5.74, 6) is 0.254. The zero-order valence-electron chi connectivity index (χ0n) is 12.1. The summed E-state index contributed by atoms with van der Waals surface area (Å²) < 4.78 is 20.1. The van der Waals surface area contributed by atoms with Gasteiger partial charge in [-0.25, -0.2) is 4.39 Å². The van der Waals surface area contributed by atoms with E-state index in [2.05, 4.69) is 20.2 Å². The number of aliphatic hydroxyl groups is 1. The number of nitrogens with zero attached hydrogens (tertiary/aromatic N) is 4. The third-order valence-electron chi connectivity index (χ3n) is 3.78. The molecule has 120 valence electrons. The van der Waals surface area contributed by atoms with Gasteiger partial charge in [0.2, 0.25) is 11.2 Å². The van der Waals surface area contributed by atoms with Crippen molar-refractivity contribution < 1.29 is 14.2 Å². The number of H-pyrrole nitrogens is 1. The highest BCUT2D eigenvalue weighted by atomic mass is 35.5. The van der Waals surface area contributed by atoms with Crippen LogP contribution in [0, 0.1) is 6.92 Å². The Morgan fingerprint density at radius 3 is 3.05 bits per heavy atom. The van der Waals surface area contributed by atoms with Crippen molar-refractivity contribution in [2.45, 2.75) is 25.6 Å². The smallest absolute Gasteiger partial charge is 0.229 e. The number of aryl methyl sites for hydroxylation is 1. The molecule has 22 heavy (non-hydrogen) atoms. The number of aromatic amines is 1. The van der Waals surface area contributed by atoms with Crippen LogP contribution in [-0.4, -0.2) is 68.7 Å². The van der Waals surface area contributed by atoms with Crippen LogP contribution in [0.5, 0.6) is 5.88 Å². The third-order valence-corrected chi connectivity index (χ3v) is 3.95. The predicted molar refractivity (Wildman–Crippen MR) is 78.9 cm³/mol. The summed E-state index contributed by atoms with van der Waals surface area (Å²) in [5, 5.41) is 16.4. The molecule has 1 aliphatic heterocycles. The average Bonchev–Trinajstić information content (AvgIpc) is 2.83. The number of hydrogen-bond acceptors (Lipinski definition) is 6. The molecular formula is C13H17ClFN5O2. The van der Waals surface area contributed by atoms with Crippen LogP contribution in [0.25, 0.3) is 11.0 Å². The van der Waals surface area contributed by atoms with Gasteiger partial charge in [0.05, 0.1) is 6.61 Å². The van der Waals surface area contributed by atoms with Gasteiger partial charge < -0.3 is 9.84 Å². The molecule has 3 rings (SSSR count). The first-order valence-corrected chi connectivity index (χ1v) is 7.48. The van der Waals surface area contributed by atoms with Gasteiger partial charge in [0.15, 0.2) is 5.65 Å². The fourth-order valence-corrected chi connectivity index (χ4v) is 2.81. The first kappa shape index (κ1) is 15.4. The summed E-state index contributed by atoms with van der Waals surface area (Å²) >= 11 is 5.87. The summed E-state index contributed by atoms with van der Waals surface area (Å²) in [7, 11) is 0. The second kappa shape index (κ2) is 6.31. The number of hydrogen-bond donors (Lipinski definition) is 2. The molecule has 1 aliphatic rings. The number of nitrogens with one attached hydrogen (secondary N) is 1. The van der Waals surface area contributed by atoms with Crippen molar-refractivity contribution in [2.75, 3.05) is 26.2 Å². The van der Waals surface area contributed by atoms with Crippen molar-refractivity contribution in [3.63, 3.8) is 0 Å². The Hall–Kier alpha value is -1.51. The largest absolute Gasteiger partial charge is 0.471 e. The van der Waals surface area contributed by atoms with E-state index in [0.717, 1.165) is 5.69 Å². The van der Waals surface area contributed by atoms with Gasteiger partial charge in [-0.05, 0) is 24.9 Å². The van der Waals surface area contributed by atoms with Crippen LogP contribution in [-0.2, 0) is 0 Å². The van der Waals surface area contributed by atoms with Gasteiger partial charge in [-0.15, -0.1) is 0 Å². The van der Waals surface area contributed by atoms with Crippen molar-refractivity contribution in [1.82, 2.24) is 25.1 Å². The molecule has 1 fully saturated rings. The fraction of sp³-hybridized carbons (Fsp3) is 0.615. The highest BCUT2D eigenvalue weighted by molar-refractivity contribution is 6.28. The number of halogens is 2. The molecule has 0 saturated carbocycles. The molecular weight excluding hydrogens is 313 g/mol. The normalized spacial score (nSPS) is 23.1. The number of aromatic nitrogens is 4. The van der Waals surface area contributed by atoms with E-state index in [1.807, 2.05) is 11.8 Å². The van der Waals surface area contributed by atoms with E-state index in [4.69, 9.17) is 21.4 Å². The average molecular weight is 330 g/mol. The zero-order chi connectivity index (χ0) is 15.7. The lowest BCUT2D eigenvalue weighted by Gasteiger charge is -2.34. The van der Waals surface area contributed by atoms with E-state index in [0.29, 0.717) is 30.5 Å². The molecule has 3 heterocycles. The summed E-state index contributed by atoms with van der Waals surface area (Å²) in [6.45, 7) is 3.21. The van der Waals surface area contributed by atoms with Gasteiger partial charge in [0, 0.05) is 25.3 Å². The molecule has 2 aromatic heterocycles. The second-order valence-electron chi connectivity index (χ2n) is 5.33. The standard InChI is InChI=1S/C13H17ClFN5O2/c1-7-10-11(19-18-7)16-13(14)17-12(10)22-9-2-3-20(4-5-21)6-8(9)15/h8-9,21H,2-6H2,1H3,(H,16,17,18,19)/t8-,9+/m0/s1. The Kier molecular flexibility index (Phi) is 4.42. The molecule has 0 aliphatic carbocycles. The number of aliphatic hydroxyl groups excluding tert-OH is 1. The Morgan fingerprint density at radius 2 is 2.32 bits per heavy atom. The molecule has 0 bridgehead atoms. The van der Waals surface area contributed by atoms with E-state index in [1.54, 1.807) is 0 Å². The topological polar surface area (TPSA) is 87.2 Å². The molecule has 0 radical (unpaired) electrons. The molecule has 0 unspecified atom stereocenters. The molecule has 2 aromatic rings. The van der Waals surface area contributed by atoms with Crippen LogP contribution >= 0.6 is 11.6 Å². The lowest BCUT2D eigenvalue weighted by Crippen LogP contribution is -2.47. The second-order valence-corrected chi connectivity index (χ2v) is 5.67. The van der Waals surface area contributed by atoms with Gasteiger partial charge >= 0.3 is 0 Å². The van der Waals surface area contributed by atoms with Crippen LogP contribution in [0.2, 0.25) is 5.28 Å². The highest BCUT2D eigenvalue weighted by Crippen LogP contribution is 2.28. The summed E-state index contributed by atoms with van der Waals surface area (Å²) in [5.41, 5.74) is 1.15. The lowest BCUT2D eigenvalue weighted by molar-refractivity contribution is 0.0153. The number of β-amino-alcohol motifs (C(OH)–C–C–N with tert-alkyl or cyclic N) is 1. The van der Waals surface area contributed by atoms with Crippen LogP contribution in [0.4, 0.5) is 4.39 Å². The number of rotatable bonds is 4. The number of ether oxygens (including phenoxy) is 1. The highest BCUT2D eigenvalue weighted by Gasteiger charge is 2.31. The Bertz CT molecular complexity index is 667. The van der Waals surface area contributed by atoms with E-state index < -0.39 is 12.3 Å². The van der Waals surface area contributed by atoms with Crippen molar-refractivity contribution in [3.05, 3.63) is 11.0 Å². The van der Waals surface area contributed by atoms with Crippen LogP contribution in [0.15, 0.2) is 0 Å². The predicted octanol–water partition coefficient (Wildman–Crippen LogP) is 1.10. The SMILES string of the molecule is Cc1[nH]nc2nc(Cl)nc(O[C@@H]3CCN(CCO)C[C@@H]3F)c12. The van der Waals surface area contributed by atoms with Crippen LogP contribution < -0.4 is 4.74 Å². The Labute approximate surface area is 131 Å². The molecule has 0 spiro atoms. The zero-order valence-corrected chi connectivity index (χ0v) is 12.8. The van der Waals surface area contributed by atoms with Gasteiger partial charge in [-0.3, -0.25) is 10.00 Å². The quantitative estimate of drug-likeness (QED) is 0.817. The van der Waals surface area contributed by atoms with Crippen LogP contribution in [0.1, 0.15) is 12.1 Å². The van der Waals surface area contributed by atoms with Crippen molar-refractivity contribution in [3.8, 4) is 5.88 Å². The van der Waals surface area contributed by atoms with Crippen LogP contribution in [0.3, 0.4) is 0 Å². The fourth-order valence-electron chi connectivity index (χ4n) is 2.66. The van der Waals surface area contributed by atoms with Gasteiger partial charge in [-0.1, -0.05) is 0 Å². The molecule has 7 nitrogen and oxygen atoms in total. The molecule has 0 aromatic carbocycles. The number of fused-ring (bicyclic) bond motifs is 1. The Morgan fingerprint density at radius 1 is 1.50 bits per heavy atom. The van der Waals surface area contributed by atoms with Gasteiger partial charge in [0.25, 0.3) is 0 Å². The summed E-state index contributed by atoms with van der Waals surface area (Å²) in [4.78, 5) is 9.95. The maximum atomic E-state index is 14.3. The molecule has 1 saturated heterocycles. The maximum Gasteiger partial charge on any atom is 0.229 e. The third kappa shape index (κ3) is 2.99. The van der Waals surface area contributed by atoms with Crippen molar-refractivity contribution >= 4 is 22.6 Å². The van der Waals surface area contributed by atoms with E-state index >= 15 is 0 Å². The minimum absolute atomic E-state index is 0.0159.